The number of amidine groups is 1. The van der Waals surface area contributed by atoms with Gasteiger partial charge in [0.2, 0.25) is 11.6 Å². The Hall–Kier alpha value is -2.43. The van der Waals surface area contributed by atoms with Crippen LogP contribution in [0.5, 0.6) is 0 Å². The Morgan fingerprint density at radius 3 is 2.40 bits per heavy atom. The van der Waals surface area contributed by atoms with Crippen molar-refractivity contribution in [3.05, 3.63) is 28.1 Å². The fourth-order valence-electron chi connectivity index (χ4n) is 3.48. The van der Waals surface area contributed by atoms with E-state index in [1.165, 1.54) is 30.0 Å². The van der Waals surface area contributed by atoms with Gasteiger partial charge in [-0.05, 0) is 50.9 Å². The lowest BCUT2D eigenvalue weighted by molar-refractivity contribution is -0.518. The zero-order valence-corrected chi connectivity index (χ0v) is 23.7. The SMILES string of the molecule is CCN(CC)c1nc(NC(C)=O)c(C2=NC(=[N+](CC)CC)SC2=Nc2ccc(N(C)C)cc2Cl)s1. The lowest BCUT2D eigenvalue weighted by Gasteiger charge is -2.16. The van der Waals surface area contributed by atoms with Gasteiger partial charge in [-0.25, -0.2) is 9.98 Å². The molecular formula is C24H33ClN7OS2+. The van der Waals surface area contributed by atoms with Crippen LogP contribution in [0.1, 0.15) is 39.5 Å². The predicted octanol–water partition coefficient (Wildman–Crippen LogP) is 5.34. The summed E-state index contributed by atoms with van der Waals surface area (Å²) < 4.78 is 2.19. The van der Waals surface area contributed by atoms with Gasteiger partial charge in [0.1, 0.15) is 4.88 Å². The summed E-state index contributed by atoms with van der Waals surface area (Å²) in [5, 5.41) is 5.90. The Bertz CT molecular complexity index is 1180. The highest BCUT2D eigenvalue weighted by atomic mass is 35.5. The van der Waals surface area contributed by atoms with Gasteiger partial charge in [-0.3, -0.25) is 9.37 Å². The molecule has 0 spiro atoms. The van der Waals surface area contributed by atoms with Gasteiger partial charge in [0.15, 0.2) is 16.0 Å². The monoisotopic (exact) mass is 534 g/mol. The van der Waals surface area contributed by atoms with Gasteiger partial charge in [-0.2, -0.15) is 0 Å². The third-order valence-corrected chi connectivity index (χ3v) is 7.90. The van der Waals surface area contributed by atoms with Crippen molar-refractivity contribution in [1.82, 2.24) is 4.98 Å². The summed E-state index contributed by atoms with van der Waals surface area (Å²) in [7, 11) is 3.95. The van der Waals surface area contributed by atoms with Crippen LogP contribution >= 0.6 is 34.7 Å². The first-order valence-electron chi connectivity index (χ1n) is 11.7. The van der Waals surface area contributed by atoms with Crippen LogP contribution in [0, 0.1) is 0 Å². The third-order valence-electron chi connectivity index (χ3n) is 5.46. The molecular weight excluding hydrogens is 502 g/mol. The normalized spacial score (nSPS) is 14.3. The van der Waals surface area contributed by atoms with Crippen LogP contribution < -0.4 is 15.1 Å². The second kappa shape index (κ2) is 12.0. The highest BCUT2D eigenvalue weighted by Gasteiger charge is 2.37. The predicted molar refractivity (Wildman–Crippen MR) is 153 cm³/mol. The van der Waals surface area contributed by atoms with E-state index in [1.807, 2.05) is 37.2 Å². The van der Waals surface area contributed by atoms with Gasteiger partial charge < -0.3 is 15.1 Å². The molecule has 0 saturated heterocycles. The minimum Gasteiger partial charge on any atom is -0.378 e. The maximum absolute atomic E-state index is 12.0. The number of nitrogens with zero attached hydrogens (tertiary/aromatic N) is 6. The van der Waals surface area contributed by atoms with Gasteiger partial charge in [-0.15, -0.1) is 0 Å². The molecule has 0 fully saturated rings. The van der Waals surface area contributed by atoms with E-state index in [-0.39, 0.29) is 5.91 Å². The van der Waals surface area contributed by atoms with Gasteiger partial charge >= 0.3 is 5.17 Å². The number of rotatable bonds is 9. The topological polar surface area (TPSA) is 76.2 Å². The van der Waals surface area contributed by atoms with Gasteiger partial charge in [-0.1, -0.05) is 22.9 Å². The zero-order chi connectivity index (χ0) is 25.7. The minimum absolute atomic E-state index is 0.178. The molecule has 2 heterocycles. The number of carbonyl (C=O) groups excluding carboxylic acids is 1. The first kappa shape index (κ1) is 27.2. The molecule has 1 aliphatic rings. The summed E-state index contributed by atoms with van der Waals surface area (Å²) in [5.41, 5.74) is 2.37. The van der Waals surface area contributed by atoms with Crippen molar-refractivity contribution in [2.24, 2.45) is 9.98 Å². The summed E-state index contributed by atoms with van der Waals surface area (Å²) in [6.45, 7) is 13.2. The van der Waals surface area contributed by atoms with E-state index in [2.05, 4.69) is 42.5 Å². The number of hydrogen-bond donors (Lipinski definition) is 1. The van der Waals surface area contributed by atoms with Crippen molar-refractivity contribution in [2.75, 3.05) is 55.4 Å². The lowest BCUT2D eigenvalue weighted by Crippen LogP contribution is -2.21. The maximum Gasteiger partial charge on any atom is 0.361 e. The van der Waals surface area contributed by atoms with Crippen molar-refractivity contribution in [1.29, 1.82) is 0 Å². The quantitative estimate of drug-likeness (QED) is 0.439. The average Bonchev–Trinajstić information content (AvgIpc) is 3.40. The van der Waals surface area contributed by atoms with Crippen LogP contribution in [0.4, 0.5) is 22.3 Å². The number of benzene rings is 1. The molecule has 1 N–H and O–H groups in total. The molecule has 35 heavy (non-hydrogen) atoms. The number of thioether (sulfide) groups is 1. The smallest absolute Gasteiger partial charge is 0.361 e. The van der Waals surface area contributed by atoms with Crippen molar-refractivity contribution >= 4 is 78.9 Å². The van der Waals surface area contributed by atoms with E-state index in [1.54, 1.807) is 0 Å². The van der Waals surface area contributed by atoms with Crippen molar-refractivity contribution in [2.45, 2.75) is 34.6 Å². The Morgan fingerprint density at radius 2 is 1.86 bits per heavy atom. The molecule has 8 nitrogen and oxygen atoms in total. The number of carbonyl (C=O) groups is 1. The molecule has 1 aromatic heterocycles. The second-order valence-electron chi connectivity index (χ2n) is 7.99. The minimum atomic E-state index is -0.178. The number of aromatic nitrogens is 1. The van der Waals surface area contributed by atoms with Crippen LogP contribution in [0.2, 0.25) is 5.02 Å². The fraction of sp³-hybridized carbons (Fsp3) is 0.458. The Kier molecular flexibility index (Phi) is 9.32. The molecule has 188 valence electrons. The fourth-order valence-corrected chi connectivity index (χ4v) is 5.98. The summed E-state index contributed by atoms with van der Waals surface area (Å²) >= 11 is 9.64. The van der Waals surface area contributed by atoms with E-state index in [4.69, 9.17) is 26.6 Å². The molecule has 0 unspecified atom stereocenters. The molecule has 0 atom stereocenters. The van der Waals surface area contributed by atoms with Crippen LogP contribution in [0.25, 0.3) is 0 Å². The van der Waals surface area contributed by atoms with Crippen molar-refractivity contribution in [3.8, 4) is 0 Å². The first-order chi connectivity index (χ1) is 16.7. The van der Waals surface area contributed by atoms with E-state index >= 15 is 0 Å². The first-order valence-corrected chi connectivity index (χ1v) is 13.7. The standard InChI is InChI=1S/C24H32ClN7OS2/c1-8-31(9-2)23-28-19(20-21(26-15(5)33)29-24(34-20)32(10-3)11-4)22(35-23)27-18-13-12-16(30(6)7)14-17(18)25/h12-14H,8-11H2,1-7H3/p+1. The summed E-state index contributed by atoms with van der Waals surface area (Å²) in [4.78, 5) is 31.6. The third kappa shape index (κ3) is 6.23. The zero-order valence-electron chi connectivity index (χ0n) is 21.3. The molecule has 2 aromatic rings. The number of amides is 1. The number of anilines is 3. The van der Waals surface area contributed by atoms with E-state index in [0.29, 0.717) is 22.2 Å². The molecule has 1 amide bonds. The van der Waals surface area contributed by atoms with Crippen molar-refractivity contribution < 1.29 is 9.37 Å². The largest absolute Gasteiger partial charge is 0.378 e. The Labute approximate surface area is 220 Å². The number of nitrogens with one attached hydrogen (secondary N) is 1. The molecule has 11 heteroatoms. The number of hydrogen-bond acceptors (Lipinski definition) is 7. The number of halogens is 1. The summed E-state index contributed by atoms with van der Waals surface area (Å²) in [6.07, 6.45) is 0. The van der Waals surface area contributed by atoms with Gasteiger partial charge in [0.05, 0.1) is 23.8 Å². The van der Waals surface area contributed by atoms with E-state index in [9.17, 15) is 4.79 Å². The number of thiazole rings is 1. The molecule has 0 radical (unpaired) electrons. The molecule has 0 saturated carbocycles. The number of aliphatic imine (C=N–C) groups is 2. The maximum atomic E-state index is 12.0. The van der Waals surface area contributed by atoms with Crippen LogP contribution in [0.15, 0.2) is 28.2 Å². The van der Waals surface area contributed by atoms with E-state index in [0.717, 1.165) is 52.1 Å². The van der Waals surface area contributed by atoms with E-state index < -0.39 is 0 Å². The Morgan fingerprint density at radius 1 is 1.17 bits per heavy atom. The molecule has 0 aliphatic carbocycles. The second-order valence-corrected chi connectivity index (χ2v) is 10.3. The molecule has 0 bridgehead atoms. The van der Waals surface area contributed by atoms with Crippen LogP contribution in [-0.2, 0) is 4.79 Å². The van der Waals surface area contributed by atoms with Crippen LogP contribution in [-0.4, -0.2) is 71.7 Å². The highest BCUT2D eigenvalue weighted by molar-refractivity contribution is 8.28. The van der Waals surface area contributed by atoms with Crippen LogP contribution in [0.3, 0.4) is 0 Å². The Balaban J connectivity index is 2.19. The highest BCUT2D eigenvalue weighted by Crippen LogP contribution is 2.37. The lowest BCUT2D eigenvalue weighted by atomic mass is 10.2. The summed E-state index contributed by atoms with van der Waals surface area (Å²) in [6, 6.07) is 5.81. The van der Waals surface area contributed by atoms with Gasteiger partial charge in [0, 0.05) is 51.6 Å². The van der Waals surface area contributed by atoms with Gasteiger partial charge in [0.25, 0.3) is 0 Å². The average molecular weight is 535 g/mol. The molecule has 1 aliphatic heterocycles. The molecule has 3 rings (SSSR count). The summed E-state index contributed by atoms with van der Waals surface area (Å²) in [5.74, 6) is 0.328. The molecule has 1 aromatic carbocycles. The van der Waals surface area contributed by atoms with Crippen molar-refractivity contribution in [3.63, 3.8) is 0 Å².